The fraction of sp³-hybridized carbons (Fsp3) is 0.240. The molecule has 9 heteroatoms. The predicted octanol–water partition coefficient (Wildman–Crippen LogP) is 3.57. The van der Waals surface area contributed by atoms with Crippen LogP contribution >= 0.6 is 0 Å². The number of benzene rings is 3. The Morgan fingerprint density at radius 2 is 1.47 bits per heavy atom. The topological polar surface area (TPSA) is 85.4 Å². The molecule has 0 fully saturated rings. The summed E-state index contributed by atoms with van der Waals surface area (Å²) in [7, 11) is 2.26. The van der Waals surface area contributed by atoms with Crippen LogP contribution in [0.3, 0.4) is 0 Å². The summed E-state index contributed by atoms with van der Waals surface area (Å²) in [6.45, 7) is -0.103. The first kappa shape index (κ1) is 24.9. The average molecular weight is 485 g/mol. The quantitative estimate of drug-likeness (QED) is 0.437. The lowest BCUT2D eigenvalue weighted by molar-refractivity contribution is -0.128. The van der Waals surface area contributed by atoms with Crippen LogP contribution in [0.25, 0.3) is 0 Å². The van der Waals surface area contributed by atoms with Crippen LogP contribution in [0.2, 0.25) is 0 Å². The molecule has 180 valence electrons. The lowest BCUT2D eigenvalue weighted by Gasteiger charge is -2.27. The summed E-state index contributed by atoms with van der Waals surface area (Å²) in [6, 6.07) is 19.9. The van der Waals surface area contributed by atoms with E-state index in [1.807, 2.05) is 6.07 Å². The molecule has 0 unspecified atom stereocenters. The number of hydrogen-bond donors (Lipinski definition) is 0. The van der Waals surface area contributed by atoms with Crippen molar-refractivity contribution in [3.8, 4) is 17.2 Å². The van der Waals surface area contributed by atoms with Crippen molar-refractivity contribution in [2.24, 2.45) is 0 Å². The van der Waals surface area contributed by atoms with Crippen LogP contribution in [0.15, 0.2) is 77.7 Å². The molecule has 0 aliphatic carbocycles. The van der Waals surface area contributed by atoms with E-state index in [0.717, 1.165) is 9.87 Å². The molecule has 3 rings (SSSR count). The molecule has 3 aromatic carbocycles. The zero-order valence-electron chi connectivity index (χ0n) is 19.6. The SMILES string of the molecule is COc1ccc(N(CC(=O)N(C)Cc2ccc(OC)c(OC)c2)S(=O)(=O)c2ccccc2)cc1. The van der Waals surface area contributed by atoms with Crippen molar-refractivity contribution in [2.45, 2.75) is 11.4 Å². The van der Waals surface area contributed by atoms with Gasteiger partial charge in [-0.1, -0.05) is 24.3 Å². The van der Waals surface area contributed by atoms with E-state index in [4.69, 9.17) is 14.2 Å². The Hall–Kier alpha value is -3.72. The molecule has 0 atom stereocenters. The Kier molecular flexibility index (Phi) is 8.01. The van der Waals surface area contributed by atoms with E-state index in [2.05, 4.69) is 0 Å². The molecular formula is C25H28N2O6S. The first-order valence-electron chi connectivity index (χ1n) is 10.5. The van der Waals surface area contributed by atoms with E-state index >= 15 is 0 Å². The van der Waals surface area contributed by atoms with Crippen LogP contribution in [0, 0.1) is 0 Å². The van der Waals surface area contributed by atoms with E-state index in [1.54, 1.807) is 68.8 Å². The molecular weight excluding hydrogens is 456 g/mol. The summed E-state index contributed by atoms with van der Waals surface area (Å²) in [5.74, 6) is 1.34. The minimum atomic E-state index is -3.99. The average Bonchev–Trinajstić information content (AvgIpc) is 2.87. The Morgan fingerprint density at radius 1 is 0.824 bits per heavy atom. The van der Waals surface area contributed by atoms with Gasteiger partial charge in [0.1, 0.15) is 12.3 Å². The highest BCUT2D eigenvalue weighted by Crippen LogP contribution is 2.29. The molecule has 0 aliphatic rings. The highest BCUT2D eigenvalue weighted by atomic mass is 32.2. The standard InChI is InChI=1S/C25H28N2O6S/c1-26(17-19-10-15-23(32-3)24(16-19)33-4)25(28)18-27(20-11-13-21(31-2)14-12-20)34(29,30)22-8-6-5-7-9-22/h5-16H,17-18H2,1-4H3. The van der Waals surface area contributed by atoms with Gasteiger partial charge in [-0.05, 0) is 54.1 Å². The Labute approximate surface area is 200 Å². The summed E-state index contributed by atoms with van der Waals surface area (Å²) in [6.07, 6.45) is 0. The van der Waals surface area contributed by atoms with Gasteiger partial charge < -0.3 is 19.1 Å². The zero-order valence-corrected chi connectivity index (χ0v) is 20.4. The second-order valence-corrected chi connectivity index (χ2v) is 9.32. The van der Waals surface area contributed by atoms with Crippen molar-refractivity contribution in [2.75, 3.05) is 39.2 Å². The van der Waals surface area contributed by atoms with Crippen molar-refractivity contribution in [1.29, 1.82) is 0 Å². The number of methoxy groups -OCH3 is 3. The maximum absolute atomic E-state index is 13.5. The smallest absolute Gasteiger partial charge is 0.264 e. The van der Waals surface area contributed by atoms with Gasteiger partial charge in [0.2, 0.25) is 5.91 Å². The molecule has 0 heterocycles. The number of amides is 1. The van der Waals surface area contributed by atoms with Crippen molar-refractivity contribution < 1.29 is 27.4 Å². The van der Waals surface area contributed by atoms with Crippen LogP contribution < -0.4 is 18.5 Å². The van der Waals surface area contributed by atoms with Gasteiger partial charge in [-0.2, -0.15) is 0 Å². The summed E-state index contributed by atoms with van der Waals surface area (Å²) in [5.41, 5.74) is 1.17. The number of hydrogen-bond acceptors (Lipinski definition) is 6. The molecule has 0 bridgehead atoms. The molecule has 0 N–H and O–H groups in total. The third-order valence-electron chi connectivity index (χ3n) is 5.26. The Bertz CT molecular complexity index is 1210. The van der Waals surface area contributed by atoms with Crippen molar-refractivity contribution in [3.05, 3.63) is 78.4 Å². The third kappa shape index (κ3) is 5.60. The molecule has 0 radical (unpaired) electrons. The molecule has 0 aliphatic heterocycles. The fourth-order valence-electron chi connectivity index (χ4n) is 3.37. The molecule has 0 spiro atoms. The van der Waals surface area contributed by atoms with Crippen molar-refractivity contribution >= 4 is 21.6 Å². The minimum absolute atomic E-state index is 0.0983. The van der Waals surface area contributed by atoms with Crippen LogP contribution in [0.4, 0.5) is 5.69 Å². The van der Waals surface area contributed by atoms with Gasteiger partial charge in [0, 0.05) is 13.6 Å². The van der Waals surface area contributed by atoms with Crippen LogP contribution in [-0.2, 0) is 21.4 Å². The van der Waals surface area contributed by atoms with Gasteiger partial charge in [0.05, 0.1) is 31.9 Å². The van der Waals surface area contributed by atoms with Gasteiger partial charge in [-0.3, -0.25) is 9.10 Å². The van der Waals surface area contributed by atoms with Crippen LogP contribution in [0.5, 0.6) is 17.2 Å². The second kappa shape index (κ2) is 10.9. The van der Waals surface area contributed by atoms with E-state index in [0.29, 0.717) is 22.9 Å². The van der Waals surface area contributed by atoms with Gasteiger partial charge in [0.15, 0.2) is 11.5 Å². The minimum Gasteiger partial charge on any atom is -0.497 e. The maximum Gasteiger partial charge on any atom is 0.264 e. The van der Waals surface area contributed by atoms with Gasteiger partial charge in [-0.25, -0.2) is 8.42 Å². The van der Waals surface area contributed by atoms with Crippen molar-refractivity contribution in [3.63, 3.8) is 0 Å². The highest BCUT2D eigenvalue weighted by Gasteiger charge is 2.28. The molecule has 1 amide bonds. The monoisotopic (exact) mass is 484 g/mol. The summed E-state index contributed by atoms with van der Waals surface area (Å²) in [5, 5.41) is 0. The third-order valence-corrected chi connectivity index (χ3v) is 7.05. The summed E-state index contributed by atoms with van der Waals surface area (Å²) in [4.78, 5) is 14.7. The van der Waals surface area contributed by atoms with Crippen LogP contribution in [-0.4, -0.2) is 54.1 Å². The fourth-order valence-corrected chi connectivity index (χ4v) is 4.80. The molecule has 34 heavy (non-hydrogen) atoms. The largest absolute Gasteiger partial charge is 0.497 e. The maximum atomic E-state index is 13.5. The first-order chi connectivity index (χ1) is 16.3. The number of rotatable bonds is 10. The molecule has 0 aromatic heterocycles. The number of carbonyl (C=O) groups excluding carboxylic acids is 1. The van der Waals surface area contributed by atoms with Crippen LogP contribution in [0.1, 0.15) is 5.56 Å². The second-order valence-electron chi connectivity index (χ2n) is 7.46. The molecule has 0 saturated heterocycles. The lowest BCUT2D eigenvalue weighted by atomic mass is 10.2. The molecule has 8 nitrogen and oxygen atoms in total. The number of anilines is 1. The van der Waals surface area contributed by atoms with E-state index in [9.17, 15) is 13.2 Å². The van der Waals surface area contributed by atoms with E-state index < -0.39 is 10.0 Å². The normalized spacial score (nSPS) is 10.9. The highest BCUT2D eigenvalue weighted by molar-refractivity contribution is 7.92. The number of nitrogens with zero attached hydrogens (tertiary/aromatic N) is 2. The number of carbonyl (C=O) groups is 1. The van der Waals surface area contributed by atoms with E-state index in [-0.39, 0.29) is 23.9 Å². The number of ether oxygens (including phenoxy) is 3. The predicted molar refractivity (Wildman–Crippen MR) is 130 cm³/mol. The Balaban J connectivity index is 1.87. The number of sulfonamides is 1. The van der Waals surface area contributed by atoms with E-state index in [1.165, 1.54) is 31.3 Å². The van der Waals surface area contributed by atoms with Crippen molar-refractivity contribution in [1.82, 2.24) is 4.90 Å². The van der Waals surface area contributed by atoms with Gasteiger partial charge >= 0.3 is 0 Å². The van der Waals surface area contributed by atoms with Gasteiger partial charge in [-0.15, -0.1) is 0 Å². The first-order valence-corrected chi connectivity index (χ1v) is 11.9. The zero-order chi connectivity index (χ0) is 24.7. The molecule has 3 aromatic rings. The number of likely N-dealkylation sites (N-methyl/N-ethyl adjacent to an activating group) is 1. The summed E-state index contributed by atoms with van der Waals surface area (Å²) >= 11 is 0. The lowest BCUT2D eigenvalue weighted by Crippen LogP contribution is -2.41. The van der Waals surface area contributed by atoms with Gasteiger partial charge in [0.25, 0.3) is 10.0 Å². The summed E-state index contributed by atoms with van der Waals surface area (Å²) < 4.78 is 43.8. The Morgan fingerprint density at radius 3 is 2.06 bits per heavy atom. The molecule has 0 saturated carbocycles.